The SMILES string of the molecule is CN(C)C(=O)COc1ccnc(NC2CCC(Oc3nc(N4CCOCC4)cc4ncccc34)CC2)n1. The van der Waals surface area contributed by atoms with Gasteiger partial charge in [0, 0.05) is 57.8 Å². The fraction of sp³-hybridized carbons (Fsp3) is 0.500. The zero-order valence-corrected chi connectivity index (χ0v) is 21.3. The number of carbonyl (C=O) groups is 1. The van der Waals surface area contributed by atoms with Crippen molar-refractivity contribution in [2.45, 2.75) is 37.8 Å². The highest BCUT2D eigenvalue weighted by molar-refractivity contribution is 5.85. The molecule has 1 saturated heterocycles. The van der Waals surface area contributed by atoms with E-state index in [1.54, 1.807) is 32.6 Å². The van der Waals surface area contributed by atoms with Gasteiger partial charge in [-0.1, -0.05) is 0 Å². The zero-order valence-electron chi connectivity index (χ0n) is 21.3. The number of aromatic nitrogens is 4. The first-order chi connectivity index (χ1) is 18.0. The Morgan fingerprint density at radius 2 is 1.92 bits per heavy atom. The number of morpholine rings is 1. The van der Waals surface area contributed by atoms with Crippen molar-refractivity contribution >= 4 is 28.6 Å². The fourth-order valence-corrected chi connectivity index (χ4v) is 4.50. The van der Waals surface area contributed by atoms with Crippen LogP contribution in [0.2, 0.25) is 0 Å². The molecule has 196 valence electrons. The maximum absolute atomic E-state index is 11.8. The Morgan fingerprint density at radius 3 is 2.70 bits per heavy atom. The minimum atomic E-state index is -0.125. The summed E-state index contributed by atoms with van der Waals surface area (Å²) in [5, 5.41) is 4.33. The number of hydrogen-bond donors (Lipinski definition) is 1. The Hall–Kier alpha value is -3.73. The van der Waals surface area contributed by atoms with Gasteiger partial charge < -0.3 is 29.3 Å². The third kappa shape index (κ3) is 6.34. The number of rotatable bonds is 8. The average Bonchev–Trinajstić information content (AvgIpc) is 2.93. The lowest BCUT2D eigenvalue weighted by Crippen LogP contribution is -2.37. The molecule has 0 unspecified atom stereocenters. The van der Waals surface area contributed by atoms with Crippen LogP contribution in [0.25, 0.3) is 10.9 Å². The molecule has 2 fully saturated rings. The third-order valence-electron chi connectivity index (χ3n) is 6.64. The van der Waals surface area contributed by atoms with E-state index in [4.69, 9.17) is 19.2 Å². The van der Waals surface area contributed by atoms with E-state index in [1.807, 2.05) is 18.2 Å². The summed E-state index contributed by atoms with van der Waals surface area (Å²) in [6, 6.07) is 7.84. The highest BCUT2D eigenvalue weighted by Gasteiger charge is 2.25. The van der Waals surface area contributed by atoms with E-state index < -0.39 is 0 Å². The van der Waals surface area contributed by atoms with Gasteiger partial charge in [-0.05, 0) is 37.8 Å². The second-order valence-corrected chi connectivity index (χ2v) is 9.49. The molecule has 4 heterocycles. The summed E-state index contributed by atoms with van der Waals surface area (Å²) in [6.45, 7) is 2.95. The summed E-state index contributed by atoms with van der Waals surface area (Å²) >= 11 is 0. The minimum Gasteiger partial charge on any atom is -0.474 e. The normalized spacial score (nSPS) is 19.9. The quantitative estimate of drug-likeness (QED) is 0.488. The molecule has 0 spiro atoms. The number of anilines is 2. The molecular weight excluding hydrogens is 474 g/mol. The number of likely N-dealkylation sites (N-methyl/N-ethyl adjacent to an activating group) is 1. The van der Waals surface area contributed by atoms with Crippen molar-refractivity contribution in [3.8, 4) is 11.8 Å². The summed E-state index contributed by atoms with van der Waals surface area (Å²) < 4.78 is 17.5. The van der Waals surface area contributed by atoms with Crippen LogP contribution in [-0.4, -0.2) is 89.9 Å². The van der Waals surface area contributed by atoms with E-state index in [-0.39, 0.29) is 24.7 Å². The second kappa shape index (κ2) is 11.5. The van der Waals surface area contributed by atoms with Crippen LogP contribution in [0.1, 0.15) is 25.7 Å². The van der Waals surface area contributed by atoms with Crippen LogP contribution in [0.4, 0.5) is 11.8 Å². The molecule has 37 heavy (non-hydrogen) atoms. The number of ether oxygens (including phenoxy) is 3. The summed E-state index contributed by atoms with van der Waals surface area (Å²) in [6.07, 6.45) is 7.10. The first-order valence-corrected chi connectivity index (χ1v) is 12.7. The highest BCUT2D eigenvalue weighted by atomic mass is 16.5. The van der Waals surface area contributed by atoms with Crippen LogP contribution >= 0.6 is 0 Å². The summed E-state index contributed by atoms with van der Waals surface area (Å²) in [4.78, 5) is 33.6. The molecule has 1 aliphatic heterocycles. The molecule has 3 aromatic rings. The van der Waals surface area contributed by atoms with Gasteiger partial charge in [-0.25, -0.2) is 4.98 Å². The maximum Gasteiger partial charge on any atom is 0.260 e. The van der Waals surface area contributed by atoms with Gasteiger partial charge in [0.05, 0.1) is 24.1 Å². The van der Waals surface area contributed by atoms with Crippen LogP contribution in [-0.2, 0) is 9.53 Å². The smallest absolute Gasteiger partial charge is 0.260 e. The number of fused-ring (bicyclic) bond motifs is 1. The Labute approximate surface area is 216 Å². The number of nitrogens with one attached hydrogen (secondary N) is 1. The molecule has 0 aromatic carbocycles. The topological polar surface area (TPSA) is 115 Å². The van der Waals surface area contributed by atoms with Gasteiger partial charge in [0.1, 0.15) is 11.9 Å². The standard InChI is InChI=1S/C26H33N7O4/c1-32(2)24(34)17-36-23-9-11-28-26(31-23)29-18-5-7-19(8-6-18)37-25-20-4-3-10-27-21(20)16-22(30-25)33-12-14-35-15-13-33/h3-4,9-11,16,18-19H,5-8,12-15,17H2,1-2H3,(H,28,29,31). The fourth-order valence-electron chi connectivity index (χ4n) is 4.50. The lowest BCUT2D eigenvalue weighted by Gasteiger charge is -2.31. The highest BCUT2D eigenvalue weighted by Crippen LogP contribution is 2.31. The monoisotopic (exact) mass is 507 g/mol. The lowest BCUT2D eigenvalue weighted by atomic mass is 9.93. The van der Waals surface area contributed by atoms with Crippen molar-refractivity contribution in [2.24, 2.45) is 0 Å². The summed E-state index contributed by atoms with van der Waals surface area (Å²) in [5.41, 5.74) is 0.885. The van der Waals surface area contributed by atoms with E-state index in [2.05, 4.69) is 25.2 Å². The van der Waals surface area contributed by atoms with Crippen molar-refractivity contribution in [3.05, 3.63) is 36.7 Å². The van der Waals surface area contributed by atoms with Crippen LogP contribution in [0, 0.1) is 0 Å². The molecule has 0 bridgehead atoms. The van der Waals surface area contributed by atoms with Gasteiger partial charge in [-0.2, -0.15) is 9.97 Å². The largest absolute Gasteiger partial charge is 0.474 e. The average molecular weight is 508 g/mol. The molecule has 11 nitrogen and oxygen atoms in total. The number of amides is 1. The first kappa shape index (κ1) is 24.9. The van der Waals surface area contributed by atoms with E-state index in [1.165, 1.54) is 4.90 Å². The predicted octanol–water partition coefficient (Wildman–Crippen LogP) is 2.53. The Kier molecular flexibility index (Phi) is 7.79. The molecule has 0 atom stereocenters. The Morgan fingerprint density at radius 1 is 1.11 bits per heavy atom. The summed E-state index contributed by atoms with van der Waals surface area (Å²) in [7, 11) is 3.38. The number of carbonyl (C=O) groups excluding carboxylic acids is 1. The molecule has 3 aromatic heterocycles. The van der Waals surface area contributed by atoms with Crippen molar-refractivity contribution < 1.29 is 19.0 Å². The van der Waals surface area contributed by atoms with Gasteiger partial charge in [-0.3, -0.25) is 9.78 Å². The van der Waals surface area contributed by atoms with Gasteiger partial charge in [0.15, 0.2) is 6.61 Å². The van der Waals surface area contributed by atoms with Crippen molar-refractivity contribution in [1.29, 1.82) is 0 Å². The van der Waals surface area contributed by atoms with Crippen molar-refractivity contribution in [3.63, 3.8) is 0 Å². The maximum atomic E-state index is 11.8. The molecule has 2 aliphatic rings. The van der Waals surface area contributed by atoms with E-state index in [9.17, 15) is 4.79 Å². The van der Waals surface area contributed by atoms with Gasteiger partial charge in [0.2, 0.25) is 17.7 Å². The van der Waals surface area contributed by atoms with Gasteiger partial charge >= 0.3 is 0 Å². The molecule has 0 radical (unpaired) electrons. The molecule has 11 heteroatoms. The van der Waals surface area contributed by atoms with Crippen LogP contribution in [0.3, 0.4) is 0 Å². The third-order valence-corrected chi connectivity index (χ3v) is 6.64. The molecule has 1 amide bonds. The van der Waals surface area contributed by atoms with Gasteiger partial charge in [0.25, 0.3) is 5.91 Å². The Bertz CT molecular complexity index is 1210. The van der Waals surface area contributed by atoms with E-state index in [0.29, 0.717) is 30.9 Å². The van der Waals surface area contributed by atoms with Crippen LogP contribution in [0.15, 0.2) is 36.7 Å². The second-order valence-electron chi connectivity index (χ2n) is 9.49. The first-order valence-electron chi connectivity index (χ1n) is 12.7. The van der Waals surface area contributed by atoms with Crippen LogP contribution < -0.4 is 19.7 Å². The Balaban J connectivity index is 1.19. The number of pyridine rings is 2. The number of nitrogens with zero attached hydrogens (tertiary/aromatic N) is 6. The van der Waals surface area contributed by atoms with E-state index >= 15 is 0 Å². The van der Waals surface area contributed by atoms with E-state index in [0.717, 1.165) is 55.5 Å². The zero-order chi connectivity index (χ0) is 25.6. The van der Waals surface area contributed by atoms with Gasteiger partial charge in [-0.15, -0.1) is 0 Å². The van der Waals surface area contributed by atoms with Crippen LogP contribution in [0.5, 0.6) is 11.8 Å². The molecule has 5 rings (SSSR count). The molecular formula is C26H33N7O4. The molecule has 1 aliphatic carbocycles. The minimum absolute atomic E-state index is 0.0587. The molecule has 1 saturated carbocycles. The summed E-state index contributed by atoms with van der Waals surface area (Å²) in [5.74, 6) is 2.27. The lowest BCUT2D eigenvalue weighted by molar-refractivity contribution is -0.130. The predicted molar refractivity (Wildman–Crippen MR) is 139 cm³/mol. The van der Waals surface area contributed by atoms with Crippen molar-refractivity contribution in [1.82, 2.24) is 24.8 Å². The number of hydrogen-bond acceptors (Lipinski definition) is 10. The van der Waals surface area contributed by atoms with Crippen molar-refractivity contribution in [2.75, 3.05) is 57.2 Å². The molecule has 1 N–H and O–H groups in total.